The molecule has 5 heterocycles. The van der Waals surface area contributed by atoms with Gasteiger partial charge in [0.15, 0.2) is 0 Å². The molecule has 1 aliphatic heterocycles. The van der Waals surface area contributed by atoms with Gasteiger partial charge in [0.2, 0.25) is 11.8 Å². The van der Waals surface area contributed by atoms with E-state index in [9.17, 15) is 14.4 Å². The number of benzene rings is 1. The van der Waals surface area contributed by atoms with Gasteiger partial charge in [-0.15, -0.1) is 0 Å². The van der Waals surface area contributed by atoms with Crippen LogP contribution in [0.25, 0.3) is 16.6 Å². The van der Waals surface area contributed by atoms with Crippen LogP contribution < -0.4 is 15.4 Å². The number of imidazole rings is 1. The van der Waals surface area contributed by atoms with E-state index in [1.165, 1.54) is 0 Å². The number of carbonyl (C=O) groups is 2. The van der Waals surface area contributed by atoms with E-state index in [2.05, 4.69) is 4.90 Å². The maximum Gasteiger partial charge on any atom is 0.261 e. The van der Waals surface area contributed by atoms with Crippen molar-refractivity contribution in [3.8, 4) is 0 Å². The van der Waals surface area contributed by atoms with Crippen molar-refractivity contribution in [2.45, 2.75) is 47.3 Å². The van der Waals surface area contributed by atoms with E-state index in [0.717, 1.165) is 22.6 Å². The number of hydrogen-bond acceptors (Lipinski definition) is 6. The van der Waals surface area contributed by atoms with E-state index in [0.29, 0.717) is 55.1 Å². The number of aryl methyl sites for hydroxylation is 1. The van der Waals surface area contributed by atoms with Gasteiger partial charge in [0.25, 0.3) is 5.56 Å². The van der Waals surface area contributed by atoms with Crippen LogP contribution in [0.3, 0.4) is 0 Å². The smallest absolute Gasteiger partial charge is 0.261 e. The van der Waals surface area contributed by atoms with Gasteiger partial charge in [-0.1, -0.05) is 12.1 Å². The van der Waals surface area contributed by atoms with Crippen LogP contribution in [0.4, 0.5) is 11.4 Å². The van der Waals surface area contributed by atoms with Crippen LogP contribution >= 0.6 is 0 Å². The monoisotopic (exact) mass is 580 g/mol. The first-order valence-electron chi connectivity index (χ1n) is 14.5. The van der Waals surface area contributed by atoms with Crippen molar-refractivity contribution in [3.63, 3.8) is 0 Å². The number of hydrogen-bond donors (Lipinski definition) is 0. The van der Waals surface area contributed by atoms with Crippen molar-refractivity contribution in [2.75, 3.05) is 29.9 Å². The Balaban J connectivity index is 1.32. The molecule has 0 radical (unpaired) electrons. The molecular weight excluding hydrogens is 544 g/mol. The highest BCUT2D eigenvalue weighted by molar-refractivity contribution is 6.19. The summed E-state index contributed by atoms with van der Waals surface area (Å²) in [5.41, 5.74) is 3.52. The summed E-state index contributed by atoms with van der Waals surface area (Å²) in [5, 5.41) is 0.573. The Bertz CT molecular complexity index is 1880. The predicted molar refractivity (Wildman–Crippen MR) is 166 cm³/mol. The highest BCUT2D eigenvalue weighted by Crippen LogP contribution is 2.39. The van der Waals surface area contributed by atoms with Crippen LogP contribution in [-0.2, 0) is 29.2 Å². The third-order valence-corrected chi connectivity index (χ3v) is 8.27. The second kappa shape index (κ2) is 10.9. The highest BCUT2D eigenvalue weighted by atomic mass is 16.3. The zero-order valence-corrected chi connectivity index (χ0v) is 25.2. The molecule has 10 nitrogen and oxygen atoms in total. The number of furan rings is 1. The minimum atomic E-state index is -1.17. The molecule has 6 rings (SSSR count). The molecule has 0 saturated carbocycles. The number of pyridine rings is 2. The van der Waals surface area contributed by atoms with Crippen molar-refractivity contribution < 1.29 is 14.0 Å². The average Bonchev–Trinajstić information content (AvgIpc) is 3.57. The number of fused-ring (bicyclic) bond motifs is 3. The van der Waals surface area contributed by atoms with E-state index in [4.69, 9.17) is 9.40 Å². The van der Waals surface area contributed by atoms with Gasteiger partial charge in [0.05, 0.1) is 22.5 Å². The molecule has 4 aromatic heterocycles. The second-order valence-electron chi connectivity index (χ2n) is 11.7. The molecule has 0 bridgehead atoms. The summed E-state index contributed by atoms with van der Waals surface area (Å²) in [5.74, 6) is 0.261. The first-order chi connectivity index (χ1) is 20.6. The zero-order chi connectivity index (χ0) is 30.5. The van der Waals surface area contributed by atoms with Crippen LogP contribution in [0.15, 0.2) is 76.3 Å². The summed E-state index contributed by atoms with van der Waals surface area (Å²) in [6.45, 7) is 9.75. The number of anilines is 2. The van der Waals surface area contributed by atoms with Gasteiger partial charge in [0, 0.05) is 58.4 Å². The van der Waals surface area contributed by atoms with Crippen LogP contribution in [0.1, 0.15) is 37.8 Å². The summed E-state index contributed by atoms with van der Waals surface area (Å²) in [6.07, 6.45) is 5.77. The molecule has 0 unspecified atom stereocenters. The van der Waals surface area contributed by atoms with Crippen LogP contribution in [-0.4, -0.2) is 50.8 Å². The Labute approximate surface area is 249 Å². The van der Waals surface area contributed by atoms with Gasteiger partial charge in [-0.3, -0.25) is 19.3 Å². The van der Waals surface area contributed by atoms with E-state index in [1.807, 2.05) is 73.1 Å². The third kappa shape index (κ3) is 5.12. The highest BCUT2D eigenvalue weighted by Gasteiger charge is 2.45. The van der Waals surface area contributed by atoms with Gasteiger partial charge >= 0.3 is 0 Å². The summed E-state index contributed by atoms with van der Waals surface area (Å²) in [7, 11) is 1.73. The lowest BCUT2D eigenvalue weighted by atomic mass is 9.90. The number of rotatable bonds is 8. The molecule has 1 aromatic carbocycles. The van der Waals surface area contributed by atoms with E-state index in [-0.39, 0.29) is 17.4 Å². The Morgan fingerprint density at radius 1 is 0.953 bits per heavy atom. The summed E-state index contributed by atoms with van der Waals surface area (Å²) < 4.78 is 9.34. The van der Waals surface area contributed by atoms with Crippen molar-refractivity contribution in [1.29, 1.82) is 0 Å². The maximum atomic E-state index is 13.4. The van der Waals surface area contributed by atoms with E-state index >= 15 is 0 Å². The van der Waals surface area contributed by atoms with Crippen LogP contribution in [0, 0.1) is 12.3 Å². The third-order valence-electron chi connectivity index (χ3n) is 8.27. The minimum absolute atomic E-state index is 0.0841. The van der Waals surface area contributed by atoms with Gasteiger partial charge in [-0.2, -0.15) is 0 Å². The van der Waals surface area contributed by atoms with Gasteiger partial charge in [0.1, 0.15) is 22.4 Å². The minimum Gasteiger partial charge on any atom is -0.461 e. The first-order valence-corrected chi connectivity index (χ1v) is 14.5. The Hall–Kier alpha value is -4.70. The number of nitrogens with zero attached hydrogens (tertiary/aromatic N) is 6. The molecule has 5 aromatic rings. The predicted octanol–water partition coefficient (Wildman–Crippen LogP) is 4.61. The lowest BCUT2D eigenvalue weighted by Crippen LogP contribution is -2.47. The first kappa shape index (κ1) is 28.4. The van der Waals surface area contributed by atoms with Gasteiger partial charge in [-0.05, 0) is 69.7 Å². The van der Waals surface area contributed by atoms with Gasteiger partial charge < -0.3 is 23.2 Å². The summed E-state index contributed by atoms with van der Waals surface area (Å²) in [4.78, 5) is 50.2. The average molecular weight is 581 g/mol. The molecular formula is C33H36N6O4. The normalized spacial score (nSPS) is 15.1. The molecule has 2 amide bonds. The Kier molecular flexibility index (Phi) is 7.17. The summed E-state index contributed by atoms with van der Waals surface area (Å²) >= 11 is 0. The molecule has 10 heteroatoms. The van der Waals surface area contributed by atoms with E-state index in [1.54, 1.807) is 47.5 Å². The number of aromatic nitrogens is 3. The second-order valence-corrected chi connectivity index (χ2v) is 11.7. The zero-order valence-electron chi connectivity index (χ0n) is 25.2. The van der Waals surface area contributed by atoms with Gasteiger partial charge in [-0.25, -0.2) is 4.98 Å². The number of carbonyl (C=O) groups excluding carboxylic acids is 2. The lowest BCUT2D eigenvalue weighted by molar-refractivity contribution is -0.137. The van der Waals surface area contributed by atoms with Crippen molar-refractivity contribution in [1.82, 2.24) is 18.9 Å². The molecule has 0 N–H and O–H groups in total. The Morgan fingerprint density at radius 3 is 2.53 bits per heavy atom. The SMILES string of the molecule is CCN1C(=O)C(C)(C)C(=O)N(C)c2cc(CN(CCn3ccc4oc(C)cc4c3=O)Cc3cn4ccccc4n3)ccc21. The molecule has 43 heavy (non-hydrogen) atoms. The molecule has 0 aliphatic carbocycles. The lowest BCUT2D eigenvalue weighted by Gasteiger charge is -2.27. The largest absolute Gasteiger partial charge is 0.461 e. The van der Waals surface area contributed by atoms with E-state index < -0.39 is 5.41 Å². The molecule has 0 spiro atoms. The topological polar surface area (TPSA) is 96.3 Å². The molecule has 0 saturated heterocycles. The Morgan fingerprint density at radius 2 is 1.77 bits per heavy atom. The molecule has 1 aliphatic rings. The standard InChI is InChI=1S/C33H36N6O4/c1-6-39-26-11-10-23(18-27(26)35(5)31(41)33(3,4)32(39)42)19-36(20-24-21-38-13-8-7-9-29(38)34-24)15-16-37-14-12-28-25(30(37)40)17-22(2)43-28/h7-14,17-18,21H,6,15-16,19-20H2,1-5H3. The fraction of sp³-hybridized carbons (Fsp3) is 0.333. The van der Waals surface area contributed by atoms with Crippen molar-refractivity contribution in [2.24, 2.45) is 5.41 Å². The molecule has 222 valence electrons. The molecule has 0 fully saturated rings. The van der Waals surface area contributed by atoms with Crippen molar-refractivity contribution in [3.05, 3.63) is 94.5 Å². The quantitative estimate of drug-likeness (QED) is 0.249. The van der Waals surface area contributed by atoms with Crippen LogP contribution in [0.5, 0.6) is 0 Å². The van der Waals surface area contributed by atoms with Crippen molar-refractivity contribution >= 4 is 39.8 Å². The fourth-order valence-electron chi connectivity index (χ4n) is 5.94. The summed E-state index contributed by atoms with van der Waals surface area (Å²) in [6, 6.07) is 15.4. The fourth-order valence-corrected chi connectivity index (χ4v) is 5.94. The number of amides is 2. The maximum absolute atomic E-state index is 13.4. The van der Waals surface area contributed by atoms with Crippen LogP contribution in [0.2, 0.25) is 0 Å². The molecule has 0 atom stereocenters.